The van der Waals surface area contributed by atoms with E-state index in [0.29, 0.717) is 18.5 Å². The third-order valence-electron chi connectivity index (χ3n) is 2.66. The molecule has 0 saturated heterocycles. The van der Waals surface area contributed by atoms with Crippen molar-refractivity contribution in [3.05, 3.63) is 35.7 Å². The highest BCUT2D eigenvalue weighted by Crippen LogP contribution is 2.22. The molecule has 0 aliphatic carbocycles. The first-order valence-corrected chi connectivity index (χ1v) is 6.04. The summed E-state index contributed by atoms with van der Waals surface area (Å²) in [6.07, 6.45) is 0. The van der Waals surface area contributed by atoms with Crippen molar-refractivity contribution in [3.8, 4) is 0 Å². The molecule has 0 fully saturated rings. The van der Waals surface area contributed by atoms with Crippen molar-refractivity contribution in [2.45, 2.75) is 20.4 Å². The van der Waals surface area contributed by atoms with Gasteiger partial charge in [0.1, 0.15) is 0 Å². The van der Waals surface area contributed by atoms with Crippen molar-refractivity contribution in [2.24, 2.45) is 0 Å². The molecule has 0 aliphatic heterocycles. The Morgan fingerprint density at radius 1 is 1.33 bits per heavy atom. The van der Waals surface area contributed by atoms with Crippen LogP contribution < -0.4 is 10.2 Å². The molecule has 0 saturated carbocycles. The van der Waals surface area contributed by atoms with Gasteiger partial charge in [0.05, 0.1) is 6.54 Å². The summed E-state index contributed by atoms with van der Waals surface area (Å²) < 4.78 is 5.58. The first-order valence-electron chi connectivity index (χ1n) is 6.04. The quantitative estimate of drug-likeness (QED) is 0.877. The third kappa shape index (κ3) is 2.87. The van der Waals surface area contributed by atoms with Crippen molar-refractivity contribution < 1.29 is 4.42 Å². The maximum atomic E-state index is 5.58. The zero-order chi connectivity index (χ0) is 13.0. The van der Waals surface area contributed by atoms with E-state index in [0.717, 1.165) is 12.2 Å². The van der Waals surface area contributed by atoms with Gasteiger partial charge in [0.2, 0.25) is 5.89 Å². The lowest BCUT2D eigenvalue weighted by Crippen LogP contribution is -2.12. The van der Waals surface area contributed by atoms with Crippen molar-refractivity contribution >= 4 is 11.7 Å². The predicted octanol–water partition coefficient (Wildman–Crippen LogP) is 2.26. The molecule has 0 bridgehead atoms. The van der Waals surface area contributed by atoms with Crippen LogP contribution in [0.5, 0.6) is 0 Å². The first-order chi connectivity index (χ1) is 8.70. The number of hydrogen-bond acceptors (Lipinski definition) is 5. The van der Waals surface area contributed by atoms with Crippen molar-refractivity contribution in [3.63, 3.8) is 0 Å². The molecule has 2 rings (SSSR count). The van der Waals surface area contributed by atoms with E-state index in [9.17, 15) is 0 Å². The SMILES string of the molecule is CCNCc1nnc(N(C)c2cccc(C)c2)o1. The molecule has 0 unspecified atom stereocenters. The molecular weight excluding hydrogens is 228 g/mol. The normalized spacial score (nSPS) is 10.6. The first kappa shape index (κ1) is 12.6. The van der Waals surface area contributed by atoms with E-state index in [-0.39, 0.29) is 0 Å². The van der Waals surface area contributed by atoms with Gasteiger partial charge in [-0.3, -0.25) is 4.90 Å². The molecule has 5 heteroatoms. The van der Waals surface area contributed by atoms with E-state index < -0.39 is 0 Å². The number of benzene rings is 1. The molecule has 18 heavy (non-hydrogen) atoms. The average Bonchev–Trinajstić information content (AvgIpc) is 2.84. The summed E-state index contributed by atoms with van der Waals surface area (Å²) in [5, 5.41) is 11.2. The van der Waals surface area contributed by atoms with E-state index in [4.69, 9.17) is 4.42 Å². The molecule has 1 heterocycles. The minimum absolute atomic E-state index is 0.508. The Balaban J connectivity index is 2.13. The van der Waals surface area contributed by atoms with Gasteiger partial charge < -0.3 is 9.73 Å². The largest absolute Gasteiger partial charge is 0.406 e. The van der Waals surface area contributed by atoms with Crippen LogP contribution in [0.2, 0.25) is 0 Å². The minimum Gasteiger partial charge on any atom is -0.406 e. The highest BCUT2D eigenvalue weighted by Gasteiger charge is 2.11. The lowest BCUT2D eigenvalue weighted by atomic mass is 10.2. The van der Waals surface area contributed by atoms with Gasteiger partial charge in [0.25, 0.3) is 0 Å². The Labute approximate surface area is 107 Å². The standard InChI is InChI=1S/C13H18N4O/c1-4-14-9-12-15-16-13(18-12)17(3)11-7-5-6-10(2)8-11/h5-8,14H,4,9H2,1-3H3. The average molecular weight is 246 g/mol. The van der Waals surface area contributed by atoms with Gasteiger partial charge >= 0.3 is 6.01 Å². The van der Waals surface area contributed by atoms with E-state index in [2.05, 4.69) is 34.6 Å². The maximum Gasteiger partial charge on any atom is 0.322 e. The van der Waals surface area contributed by atoms with Crippen LogP contribution in [0.3, 0.4) is 0 Å². The molecule has 1 aromatic carbocycles. The van der Waals surface area contributed by atoms with Crippen LogP contribution in [0.15, 0.2) is 28.7 Å². The summed E-state index contributed by atoms with van der Waals surface area (Å²) in [5.74, 6) is 0.603. The maximum absolute atomic E-state index is 5.58. The number of anilines is 2. The number of aromatic nitrogens is 2. The fourth-order valence-electron chi connectivity index (χ4n) is 1.63. The molecule has 0 amide bonds. The van der Waals surface area contributed by atoms with Crippen molar-refractivity contribution in [2.75, 3.05) is 18.5 Å². The summed E-state index contributed by atoms with van der Waals surface area (Å²) in [7, 11) is 1.92. The van der Waals surface area contributed by atoms with Crippen LogP contribution in [-0.2, 0) is 6.54 Å². The molecule has 1 N–H and O–H groups in total. The second kappa shape index (κ2) is 5.64. The van der Waals surface area contributed by atoms with Crippen LogP contribution >= 0.6 is 0 Å². The molecule has 1 aromatic heterocycles. The summed E-state index contributed by atoms with van der Waals surface area (Å²) in [5.41, 5.74) is 2.24. The fraction of sp³-hybridized carbons (Fsp3) is 0.385. The van der Waals surface area contributed by atoms with Gasteiger partial charge in [0, 0.05) is 12.7 Å². The van der Waals surface area contributed by atoms with Crippen LogP contribution in [0, 0.1) is 6.92 Å². The van der Waals surface area contributed by atoms with Crippen molar-refractivity contribution in [1.82, 2.24) is 15.5 Å². The monoisotopic (exact) mass is 246 g/mol. The van der Waals surface area contributed by atoms with Gasteiger partial charge in [-0.25, -0.2) is 0 Å². The van der Waals surface area contributed by atoms with Gasteiger partial charge in [-0.2, -0.15) is 0 Å². The van der Waals surface area contributed by atoms with E-state index in [1.54, 1.807) is 0 Å². The van der Waals surface area contributed by atoms with Crippen LogP contribution in [0.25, 0.3) is 0 Å². The fourth-order valence-corrected chi connectivity index (χ4v) is 1.63. The Morgan fingerprint density at radius 3 is 2.89 bits per heavy atom. The highest BCUT2D eigenvalue weighted by atomic mass is 16.4. The topological polar surface area (TPSA) is 54.2 Å². The molecule has 0 radical (unpaired) electrons. The molecular formula is C13H18N4O. The smallest absolute Gasteiger partial charge is 0.322 e. The van der Waals surface area contributed by atoms with Crippen molar-refractivity contribution in [1.29, 1.82) is 0 Å². The lowest BCUT2D eigenvalue weighted by Gasteiger charge is -2.14. The number of aryl methyl sites for hydroxylation is 1. The summed E-state index contributed by atoms with van der Waals surface area (Å²) in [6.45, 7) is 5.58. The number of rotatable bonds is 5. The van der Waals surface area contributed by atoms with Gasteiger partial charge in [-0.05, 0) is 31.2 Å². The Hall–Kier alpha value is -1.88. The highest BCUT2D eigenvalue weighted by molar-refractivity contribution is 5.55. The Bertz CT molecular complexity index is 509. The minimum atomic E-state index is 0.508. The zero-order valence-electron chi connectivity index (χ0n) is 11.0. The van der Waals surface area contributed by atoms with Crippen LogP contribution in [0.4, 0.5) is 11.7 Å². The van der Waals surface area contributed by atoms with Crippen LogP contribution in [0.1, 0.15) is 18.4 Å². The molecule has 2 aromatic rings. The zero-order valence-corrected chi connectivity index (χ0v) is 11.0. The summed E-state index contributed by atoms with van der Waals surface area (Å²) in [6, 6.07) is 8.67. The molecule has 5 nitrogen and oxygen atoms in total. The Morgan fingerprint density at radius 2 is 2.17 bits per heavy atom. The summed E-state index contributed by atoms with van der Waals surface area (Å²) in [4.78, 5) is 1.88. The van der Waals surface area contributed by atoms with E-state index in [1.165, 1.54) is 5.56 Å². The van der Waals surface area contributed by atoms with Gasteiger partial charge in [0.15, 0.2) is 0 Å². The van der Waals surface area contributed by atoms with Gasteiger partial charge in [-0.1, -0.05) is 24.2 Å². The predicted molar refractivity (Wildman–Crippen MR) is 70.9 cm³/mol. The molecule has 96 valence electrons. The molecule has 0 spiro atoms. The third-order valence-corrected chi connectivity index (χ3v) is 2.66. The van der Waals surface area contributed by atoms with Gasteiger partial charge in [-0.15, -0.1) is 5.10 Å². The van der Waals surface area contributed by atoms with Crippen LogP contribution in [-0.4, -0.2) is 23.8 Å². The summed E-state index contributed by atoms with van der Waals surface area (Å²) >= 11 is 0. The molecule has 0 aliphatic rings. The molecule has 0 atom stereocenters. The second-order valence-electron chi connectivity index (χ2n) is 4.16. The number of hydrogen-bond donors (Lipinski definition) is 1. The number of nitrogens with zero attached hydrogens (tertiary/aromatic N) is 3. The van der Waals surface area contributed by atoms with E-state index >= 15 is 0 Å². The van der Waals surface area contributed by atoms with E-state index in [1.807, 2.05) is 31.0 Å². The second-order valence-corrected chi connectivity index (χ2v) is 4.16. The lowest BCUT2D eigenvalue weighted by molar-refractivity contribution is 0.476. The number of nitrogens with one attached hydrogen (secondary N) is 1. The Kier molecular flexibility index (Phi) is 3.94.